The Labute approximate surface area is 168 Å². The minimum absolute atomic E-state index is 0.0857. The molecule has 2 aromatic rings. The first-order chi connectivity index (χ1) is 13.3. The van der Waals surface area contributed by atoms with E-state index < -0.39 is 20.0 Å². The van der Waals surface area contributed by atoms with Crippen molar-refractivity contribution in [3.05, 3.63) is 71.8 Å². The molecule has 0 saturated carbocycles. The van der Waals surface area contributed by atoms with E-state index in [2.05, 4.69) is 8.73 Å². The molecule has 2 unspecified atom stereocenters. The van der Waals surface area contributed by atoms with Crippen LogP contribution in [-0.2, 0) is 28.4 Å². The molecule has 2 atom stereocenters. The first-order valence-electron chi connectivity index (χ1n) is 8.70. The van der Waals surface area contributed by atoms with Gasteiger partial charge in [0.25, 0.3) is 0 Å². The van der Waals surface area contributed by atoms with E-state index in [1.54, 1.807) is 36.4 Å². The van der Waals surface area contributed by atoms with E-state index in [-0.39, 0.29) is 13.2 Å². The van der Waals surface area contributed by atoms with Crippen molar-refractivity contribution >= 4 is 20.0 Å². The van der Waals surface area contributed by atoms with E-state index >= 15 is 0 Å². The first kappa shape index (κ1) is 22.3. The summed E-state index contributed by atoms with van der Waals surface area (Å²) in [6.45, 7) is 4.08. The molecular formula is C20H26N2O4S2. The number of benzene rings is 2. The van der Waals surface area contributed by atoms with E-state index in [0.717, 1.165) is 11.1 Å². The predicted octanol–water partition coefficient (Wildman–Crippen LogP) is 4.34. The lowest BCUT2D eigenvalue weighted by Gasteiger charge is -2.10. The molecule has 0 aliphatic heterocycles. The van der Waals surface area contributed by atoms with Crippen molar-refractivity contribution < 1.29 is 16.8 Å². The topological polar surface area (TPSA) is 77.3 Å². The second-order valence-electron chi connectivity index (χ2n) is 5.98. The van der Waals surface area contributed by atoms with Gasteiger partial charge in [-0.25, -0.2) is 17.1 Å². The van der Waals surface area contributed by atoms with Crippen LogP contribution in [0.5, 0.6) is 0 Å². The average molecular weight is 423 g/mol. The summed E-state index contributed by atoms with van der Waals surface area (Å²) in [4.78, 5) is 1.05. The van der Waals surface area contributed by atoms with Gasteiger partial charge in [-0.3, -0.25) is 8.37 Å². The third kappa shape index (κ3) is 5.75. The van der Waals surface area contributed by atoms with Crippen LogP contribution in [0.25, 0.3) is 0 Å². The lowest BCUT2D eigenvalue weighted by atomic mass is 10.2. The average Bonchev–Trinajstić information content (AvgIpc) is 2.71. The second-order valence-corrected chi connectivity index (χ2v) is 10.0. The molecular weight excluding hydrogens is 396 g/mol. The van der Waals surface area contributed by atoms with Gasteiger partial charge in [0.05, 0.1) is 23.0 Å². The number of rotatable bonds is 8. The normalized spacial score (nSPS) is 15.7. The Kier molecular flexibility index (Phi) is 7.94. The Morgan fingerprint density at radius 2 is 1.04 bits per heavy atom. The van der Waals surface area contributed by atoms with Gasteiger partial charge in [-0.05, 0) is 38.1 Å². The molecule has 2 aromatic carbocycles. The summed E-state index contributed by atoms with van der Waals surface area (Å²) in [5.41, 5.74) is 2.13. The van der Waals surface area contributed by atoms with Gasteiger partial charge in [-0.1, -0.05) is 47.5 Å². The van der Waals surface area contributed by atoms with E-state index in [1.807, 2.05) is 38.1 Å². The summed E-state index contributed by atoms with van der Waals surface area (Å²) >= 11 is 0. The van der Waals surface area contributed by atoms with Crippen LogP contribution in [0.4, 0.5) is 0 Å². The zero-order chi connectivity index (χ0) is 20.6. The fourth-order valence-corrected chi connectivity index (χ4v) is 4.66. The predicted molar refractivity (Wildman–Crippen MR) is 113 cm³/mol. The summed E-state index contributed by atoms with van der Waals surface area (Å²) in [6.07, 6.45) is 3.31. The molecule has 0 radical (unpaired) electrons. The van der Waals surface area contributed by atoms with Gasteiger partial charge in [0.15, 0.2) is 20.0 Å². The molecule has 0 saturated heterocycles. The highest BCUT2D eigenvalue weighted by atomic mass is 32.2. The van der Waals surface area contributed by atoms with Crippen molar-refractivity contribution in [2.75, 3.05) is 27.3 Å². The monoisotopic (exact) mass is 422 g/mol. The van der Waals surface area contributed by atoms with Crippen molar-refractivity contribution in [3.8, 4) is 0 Å². The molecule has 0 aliphatic carbocycles. The van der Waals surface area contributed by atoms with Crippen LogP contribution in [0, 0.1) is 13.8 Å². The van der Waals surface area contributed by atoms with Crippen LogP contribution in [-0.4, -0.2) is 35.7 Å². The maximum Gasteiger partial charge on any atom is 0.193 e. The summed E-state index contributed by atoms with van der Waals surface area (Å²) in [5.74, 6) is 0. The minimum Gasteiger partial charge on any atom is -0.277 e. The zero-order valence-electron chi connectivity index (χ0n) is 16.5. The summed E-state index contributed by atoms with van der Waals surface area (Å²) < 4.78 is 44.4. The van der Waals surface area contributed by atoms with Crippen LogP contribution in [0.3, 0.4) is 0 Å². The Bertz CT molecular complexity index is 957. The van der Waals surface area contributed by atoms with Gasteiger partial charge >= 0.3 is 0 Å². The smallest absolute Gasteiger partial charge is 0.193 e. The van der Waals surface area contributed by atoms with Gasteiger partial charge in [0, 0.05) is 14.1 Å². The molecule has 2 rings (SSSR count). The largest absolute Gasteiger partial charge is 0.277 e. The van der Waals surface area contributed by atoms with Crippen LogP contribution < -0.4 is 0 Å². The van der Waals surface area contributed by atoms with E-state index in [9.17, 15) is 8.42 Å². The van der Waals surface area contributed by atoms with Crippen molar-refractivity contribution in [1.29, 1.82) is 0 Å². The molecule has 0 spiro atoms. The van der Waals surface area contributed by atoms with E-state index in [4.69, 9.17) is 8.37 Å². The molecule has 0 fully saturated rings. The fourth-order valence-electron chi connectivity index (χ4n) is 2.27. The molecule has 0 N–H and O–H groups in total. The van der Waals surface area contributed by atoms with Crippen LogP contribution in [0.1, 0.15) is 11.1 Å². The Hall–Kier alpha value is -2.00. The third-order valence-electron chi connectivity index (χ3n) is 3.93. The molecule has 28 heavy (non-hydrogen) atoms. The highest BCUT2D eigenvalue weighted by Gasteiger charge is 2.12. The van der Waals surface area contributed by atoms with E-state index in [1.165, 1.54) is 14.1 Å². The quantitative estimate of drug-likeness (QED) is 0.593. The molecule has 152 valence electrons. The molecule has 6 nitrogen and oxygen atoms in total. The number of nitrogens with zero attached hydrogens (tertiary/aromatic N) is 2. The van der Waals surface area contributed by atoms with Gasteiger partial charge < -0.3 is 0 Å². The molecule has 0 aliphatic rings. The lowest BCUT2D eigenvalue weighted by Crippen LogP contribution is -2.08. The first-order valence-corrected chi connectivity index (χ1v) is 11.6. The molecule has 0 amide bonds. The highest BCUT2D eigenvalue weighted by molar-refractivity contribution is 7.89. The number of hydrogen-bond acceptors (Lipinski definition) is 6. The lowest BCUT2D eigenvalue weighted by molar-refractivity contribution is 0.373. The van der Waals surface area contributed by atoms with Gasteiger partial charge in [-0.2, -0.15) is 0 Å². The SMILES string of the molecule is CN=S(=O)(OC/C=C/COS(=O)(=NC)c1ccc(C)cc1)c1ccc(C)cc1. The summed E-state index contributed by atoms with van der Waals surface area (Å²) in [6, 6.07) is 14.4. The second kappa shape index (κ2) is 9.97. The van der Waals surface area contributed by atoms with E-state index in [0.29, 0.717) is 9.79 Å². The van der Waals surface area contributed by atoms with Crippen LogP contribution >= 0.6 is 0 Å². The maximum absolute atomic E-state index is 12.8. The summed E-state index contributed by atoms with van der Waals surface area (Å²) in [7, 11) is -2.93. The molecule has 0 bridgehead atoms. The minimum atomic E-state index is -2.93. The van der Waals surface area contributed by atoms with Gasteiger partial charge in [0.1, 0.15) is 0 Å². The summed E-state index contributed by atoms with van der Waals surface area (Å²) in [5, 5.41) is 0. The van der Waals surface area contributed by atoms with Crippen molar-refractivity contribution in [2.45, 2.75) is 23.6 Å². The standard InChI is InChI=1S/C20H26N2O4S2/c1-17-7-11-19(12-8-17)27(23,21-3)25-15-5-6-16-26-28(24,22-4)20-13-9-18(2)10-14-20/h5-14H,15-16H2,1-4H3/b6-5+. The van der Waals surface area contributed by atoms with Crippen molar-refractivity contribution in [2.24, 2.45) is 8.73 Å². The Morgan fingerprint density at radius 3 is 1.32 bits per heavy atom. The fraction of sp³-hybridized carbons (Fsp3) is 0.300. The van der Waals surface area contributed by atoms with Gasteiger partial charge in [-0.15, -0.1) is 0 Å². The maximum atomic E-state index is 12.8. The number of hydrogen-bond donors (Lipinski definition) is 0. The third-order valence-corrected chi connectivity index (χ3v) is 7.54. The van der Waals surface area contributed by atoms with Crippen LogP contribution in [0.15, 0.2) is 79.2 Å². The Balaban J connectivity index is 1.94. The Morgan fingerprint density at radius 1 is 0.714 bits per heavy atom. The number of aryl methyl sites for hydroxylation is 2. The van der Waals surface area contributed by atoms with Crippen LogP contribution in [0.2, 0.25) is 0 Å². The van der Waals surface area contributed by atoms with Crippen molar-refractivity contribution in [3.63, 3.8) is 0 Å². The van der Waals surface area contributed by atoms with Gasteiger partial charge in [0.2, 0.25) is 0 Å². The highest BCUT2D eigenvalue weighted by Crippen LogP contribution is 2.17. The zero-order valence-corrected chi connectivity index (χ0v) is 18.2. The molecule has 8 heteroatoms. The van der Waals surface area contributed by atoms with Crippen molar-refractivity contribution in [1.82, 2.24) is 0 Å². The molecule has 0 aromatic heterocycles. The molecule has 0 heterocycles.